The number of aryl methyl sites for hydroxylation is 2. The van der Waals surface area contributed by atoms with Crippen molar-refractivity contribution in [2.24, 2.45) is 0 Å². The van der Waals surface area contributed by atoms with E-state index in [0.717, 1.165) is 47.7 Å². The van der Waals surface area contributed by atoms with Crippen LogP contribution in [0.4, 0.5) is 0 Å². The van der Waals surface area contributed by atoms with Gasteiger partial charge in [-0.15, -0.1) is 10.2 Å². The Bertz CT molecular complexity index is 1290. The second kappa shape index (κ2) is 9.54. The normalized spacial score (nSPS) is 11.0. The molecule has 0 fully saturated rings. The van der Waals surface area contributed by atoms with Gasteiger partial charge < -0.3 is 0 Å². The average Bonchev–Trinajstić information content (AvgIpc) is 3.52. The van der Waals surface area contributed by atoms with Gasteiger partial charge in [-0.05, 0) is 34.0 Å². The molecule has 0 aliphatic heterocycles. The van der Waals surface area contributed by atoms with Crippen LogP contribution < -0.4 is 0 Å². The summed E-state index contributed by atoms with van der Waals surface area (Å²) in [5.41, 5.74) is 6.52. The van der Waals surface area contributed by atoms with Gasteiger partial charge in [-0.25, -0.2) is 4.98 Å². The Kier molecular flexibility index (Phi) is 6.78. The number of tetrazole rings is 1. The fourth-order valence-corrected chi connectivity index (χ4v) is 3.70. The van der Waals surface area contributed by atoms with Gasteiger partial charge in [0, 0.05) is 23.7 Å². The van der Waals surface area contributed by atoms with Crippen LogP contribution in [-0.4, -0.2) is 91.0 Å². The molecule has 0 bridgehead atoms. The Morgan fingerprint density at radius 1 is 0.935 bits per heavy atom. The molecule has 0 N–H and O–H groups in total. The Labute approximate surface area is 222 Å². The Morgan fingerprint density at radius 3 is 2.45 bits per heavy atom. The van der Waals surface area contributed by atoms with Crippen LogP contribution in [0.1, 0.15) is 30.8 Å². The van der Waals surface area contributed by atoms with Crippen molar-refractivity contribution in [3.63, 3.8) is 0 Å². The van der Waals surface area contributed by atoms with Crippen molar-refractivity contribution >= 4 is 57.0 Å². The number of rotatable bonds is 6. The first-order chi connectivity index (χ1) is 14.8. The molecule has 3 aromatic heterocycles. The van der Waals surface area contributed by atoms with Crippen LogP contribution in [-0.2, 0) is 19.4 Å². The first-order valence-electron chi connectivity index (χ1n) is 10.1. The van der Waals surface area contributed by atoms with E-state index in [2.05, 4.69) is 80.7 Å². The molecule has 0 aliphatic carbocycles. The van der Waals surface area contributed by atoms with Crippen molar-refractivity contribution in [3.05, 3.63) is 78.0 Å². The summed E-state index contributed by atoms with van der Waals surface area (Å²) in [6.45, 7) is 4.96. The first kappa shape index (κ1) is 22.0. The molecule has 8 nitrogen and oxygen atoms in total. The fourth-order valence-electron chi connectivity index (χ4n) is 3.70. The standard InChI is InChI=1S/C22H22N8.K.H/c1-3-17-14-28(30-22(17)24-21(4-2)25-30)13-16-9-11-18(12-10-16)19-7-5-6-8-20(19)29-15-23-26-27-29;;/h5-12,14-15H,3-4,13H2,1-2H3;;. The molecule has 0 aliphatic rings. The molecule has 0 saturated heterocycles. The van der Waals surface area contributed by atoms with Crippen molar-refractivity contribution in [1.82, 2.24) is 39.6 Å². The molecule has 0 amide bonds. The van der Waals surface area contributed by atoms with E-state index in [1.807, 2.05) is 22.8 Å². The average molecular weight is 439 g/mol. The molecule has 0 unspecified atom stereocenters. The van der Waals surface area contributed by atoms with E-state index in [4.69, 9.17) is 0 Å². The van der Waals surface area contributed by atoms with Gasteiger partial charge in [0.05, 0.1) is 12.2 Å². The number of aromatic nitrogens is 8. The number of nitrogens with zero attached hydrogens (tertiary/aromatic N) is 8. The van der Waals surface area contributed by atoms with Crippen LogP contribution >= 0.6 is 0 Å². The van der Waals surface area contributed by atoms with Gasteiger partial charge in [0.2, 0.25) is 0 Å². The van der Waals surface area contributed by atoms with Crippen LogP contribution in [0, 0.1) is 0 Å². The van der Waals surface area contributed by atoms with Gasteiger partial charge in [0.25, 0.3) is 0 Å². The molecule has 5 rings (SSSR count). The van der Waals surface area contributed by atoms with E-state index in [9.17, 15) is 0 Å². The number of fused-ring (bicyclic) bond motifs is 1. The molecule has 0 atom stereocenters. The predicted molar refractivity (Wildman–Crippen MR) is 121 cm³/mol. The molecular weight excluding hydrogens is 415 g/mol. The van der Waals surface area contributed by atoms with Crippen molar-refractivity contribution in [2.45, 2.75) is 33.2 Å². The summed E-state index contributed by atoms with van der Waals surface area (Å²) in [5, 5.41) is 16.2. The molecular formula is C22H23KN8. The maximum absolute atomic E-state index is 4.66. The van der Waals surface area contributed by atoms with E-state index >= 15 is 0 Å². The quantitative estimate of drug-likeness (QED) is 0.381. The Morgan fingerprint density at radius 2 is 1.74 bits per heavy atom. The number of hydrogen-bond acceptors (Lipinski definition) is 5. The van der Waals surface area contributed by atoms with E-state index in [0.29, 0.717) is 0 Å². The summed E-state index contributed by atoms with van der Waals surface area (Å²) in [5.74, 6) is 0.878. The second-order valence-electron chi connectivity index (χ2n) is 7.17. The first-order valence-corrected chi connectivity index (χ1v) is 10.1. The van der Waals surface area contributed by atoms with Crippen LogP contribution in [0.25, 0.3) is 22.5 Å². The second-order valence-corrected chi connectivity index (χ2v) is 7.17. The van der Waals surface area contributed by atoms with Crippen molar-refractivity contribution < 1.29 is 0 Å². The summed E-state index contributed by atoms with van der Waals surface area (Å²) in [6, 6.07) is 16.7. The fraction of sp³-hybridized carbons (Fsp3) is 0.227. The van der Waals surface area contributed by atoms with Gasteiger partial charge >= 0.3 is 51.4 Å². The molecule has 0 spiro atoms. The van der Waals surface area contributed by atoms with Gasteiger partial charge in [0.1, 0.15) is 6.33 Å². The molecule has 31 heavy (non-hydrogen) atoms. The summed E-state index contributed by atoms with van der Waals surface area (Å²) in [4.78, 5) is 4.66. The minimum atomic E-state index is 0. The zero-order chi connectivity index (χ0) is 20.5. The van der Waals surface area contributed by atoms with Crippen LogP contribution in [0.3, 0.4) is 0 Å². The van der Waals surface area contributed by atoms with E-state index in [1.165, 1.54) is 11.1 Å². The van der Waals surface area contributed by atoms with Gasteiger partial charge in [0.15, 0.2) is 11.5 Å². The van der Waals surface area contributed by atoms with Gasteiger partial charge in [-0.2, -0.15) is 9.31 Å². The van der Waals surface area contributed by atoms with Gasteiger partial charge in [-0.3, -0.25) is 4.68 Å². The zero-order valence-corrected chi connectivity index (χ0v) is 17.0. The van der Waals surface area contributed by atoms with Crippen molar-refractivity contribution in [2.75, 3.05) is 0 Å². The molecule has 0 saturated carbocycles. The Balaban J connectivity index is 0.00000231. The summed E-state index contributed by atoms with van der Waals surface area (Å²) in [6.07, 6.45) is 5.53. The maximum atomic E-state index is 4.66. The summed E-state index contributed by atoms with van der Waals surface area (Å²) < 4.78 is 5.74. The molecule has 2 aromatic carbocycles. The molecule has 3 heterocycles. The third-order valence-corrected chi connectivity index (χ3v) is 5.28. The van der Waals surface area contributed by atoms with Crippen LogP contribution in [0.15, 0.2) is 61.1 Å². The van der Waals surface area contributed by atoms with Crippen molar-refractivity contribution in [3.8, 4) is 16.8 Å². The number of para-hydroxylation sites is 1. The van der Waals surface area contributed by atoms with Crippen LogP contribution in [0.2, 0.25) is 0 Å². The summed E-state index contributed by atoms with van der Waals surface area (Å²) >= 11 is 0. The predicted octanol–water partition coefficient (Wildman–Crippen LogP) is 2.70. The molecule has 5 aromatic rings. The summed E-state index contributed by atoms with van der Waals surface area (Å²) in [7, 11) is 0. The van der Waals surface area contributed by atoms with E-state index < -0.39 is 0 Å². The zero-order valence-electron chi connectivity index (χ0n) is 17.0. The van der Waals surface area contributed by atoms with Crippen LogP contribution in [0.5, 0.6) is 0 Å². The Hall–Kier alpha value is -2.17. The molecule has 152 valence electrons. The topological polar surface area (TPSA) is 78.7 Å². The molecule has 0 radical (unpaired) electrons. The number of hydrogen-bond donors (Lipinski definition) is 0. The van der Waals surface area contributed by atoms with Gasteiger partial charge in [-0.1, -0.05) is 56.3 Å². The SMILES string of the molecule is CCc1nc2c(CC)cn(Cc3ccc(-c4ccccc4-n4cnnn4)cc3)n2n1.[KH]. The van der Waals surface area contributed by atoms with E-state index in [-0.39, 0.29) is 51.4 Å². The third kappa shape index (κ3) is 4.28. The van der Waals surface area contributed by atoms with E-state index in [1.54, 1.807) is 11.0 Å². The monoisotopic (exact) mass is 438 g/mol. The number of benzene rings is 2. The third-order valence-electron chi connectivity index (χ3n) is 5.28. The minimum absolute atomic E-state index is 0. The van der Waals surface area contributed by atoms with Crippen molar-refractivity contribution in [1.29, 1.82) is 0 Å². The molecule has 9 heteroatoms.